The second kappa shape index (κ2) is 11.6. The summed E-state index contributed by atoms with van der Waals surface area (Å²) in [5.41, 5.74) is 3.02. The van der Waals surface area contributed by atoms with E-state index in [0.29, 0.717) is 11.4 Å². The summed E-state index contributed by atoms with van der Waals surface area (Å²) in [6.45, 7) is 3.79. The average Bonchev–Trinajstić information content (AvgIpc) is 2.84. The summed E-state index contributed by atoms with van der Waals surface area (Å²) in [6.07, 6.45) is 0. The number of nitrogens with one attached hydrogen (secondary N) is 4. The predicted molar refractivity (Wildman–Crippen MR) is 134 cm³/mol. The molecule has 3 aromatic carbocycles. The normalized spacial score (nSPS) is 12.1. The van der Waals surface area contributed by atoms with Gasteiger partial charge in [0, 0.05) is 11.4 Å². The summed E-state index contributed by atoms with van der Waals surface area (Å²) in [6, 6.07) is 20.9. The highest BCUT2D eigenvalue weighted by molar-refractivity contribution is 5.93. The quantitative estimate of drug-likeness (QED) is 0.357. The van der Waals surface area contributed by atoms with Crippen molar-refractivity contribution in [1.82, 2.24) is 10.6 Å². The van der Waals surface area contributed by atoms with Crippen molar-refractivity contribution >= 4 is 23.4 Å². The first kappa shape index (κ1) is 24.4. The van der Waals surface area contributed by atoms with Crippen molar-refractivity contribution in [2.24, 2.45) is 0 Å². The highest BCUT2D eigenvalue weighted by Crippen LogP contribution is 2.20. The first-order valence-electron chi connectivity index (χ1n) is 10.9. The lowest BCUT2D eigenvalue weighted by molar-refractivity contribution is 0.248. The number of anilines is 2. The average molecular weight is 463 g/mol. The van der Waals surface area contributed by atoms with Gasteiger partial charge in [-0.25, -0.2) is 9.59 Å². The summed E-state index contributed by atoms with van der Waals surface area (Å²) in [5, 5.41) is 11.4. The third-order valence-electron chi connectivity index (χ3n) is 5.31. The van der Waals surface area contributed by atoms with E-state index < -0.39 is 0 Å². The molecule has 3 rings (SSSR count). The highest BCUT2D eigenvalue weighted by atomic mass is 16.5. The van der Waals surface area contributed by atoms with Crippen molar-refractivity contribution < 1.29 is 19.1 Å². The van der Waals surface area contributed by atoms with E-state index >= 15 is 0 Å². The van der Waals surface area contributed by atoms with Crippen molar-refractivity contribution in [2.45, 2.75) is 25.9 Å². The van der Waals surface area contributed by atoms with Crippen molar-refractivity contribution in [2.75, 3.05) is 24.9 Å². The Bertz CT molecular complexity index is 1020. The van der Waals surface area contributed by atoms with Gasteiger partial charge in [-0.05, 0) is 67.4 Å². The topological polar surface area (TPSA) is 101 Å². The van der Waals surface area contributed by atoms with Crippen LogP contribution in [0.25, 0.3) is 0 Å². The lowest BCUT2D eigenvalue weighted by Gasteiger charge is -2.17. The van der Waals surface area contributed by atoms with Crippen LogP contribution in [0.4, 0.5) is 21.0 Å². The van der Waals surface area contributed by atoms with E-state index in [1.165, 1.54) is 0 Å². The third kappa shape index (κ3) is 6.90. The Labute approximate surface area is 199 Å². The number of hydrogen-bond donors (Lipinski definition) is 4. The van der Waals surface area contributed by atoms with Gasteiger partial charge in [-0.3, -0.25) is 0 Å². The molecule has 0 fully saturated rings. The summed E-state index contributed by atoms with van der Waals surface area (Å²) in [4.78, 5) is 24.9. The Kier molecular flexibility index (Phi) is 8.34. The Morgan fingerprint density at radius 1 is 0.647 bits per heavy atom. The van der Waals surface area contributed by atoms with E-state index in [0.717, 1.165) is 22.6 Å². The molecule has 0 aliphatic heterocycles. The SMILES string of the molecule is COc1ccc([C@H](C)NC(=O)Nc2cccc(NC(=O)N[C@@H](C)c3ccc(OC)cc3)c2)cc1. The van der Waals surface area contributed by atoms with Crippen molar-refractivity contribution in [3.63, 3.8) is 0 Å². The zero-order valence-electron chi connectivity index (χ0n) is 19.7. The van der Waals surface area contributed by atoms with Gasteiger partial charge >= 0.3 is 12.1 Å². The molecule has 3 aromatic rings. The van der Waals surface area contributed by atoms with Crippen LogP contribution in [-0.2, 0) is 0 Å². The molecule has 0 saturated carbocycles. The lowest BCUT2D eigenvalue weighted by atomic mass is 10.1. The van der Waals surface area contributed by atoms with Gasteiger partial charge in [0.2, 0.25) is 0 Å². The molecule has 8 heteroatoms. The van der Waals surface area contributed by atoms with Crippen LogP contribution < -0.4 is 30.7 Å². The Morgan fingerprint density at radius 2 is 1.03 bits per heavy atom. The van der Waals surface area contributed by atoms with Crippen molar-refractivity contribution in [3.05, 3.63) is 83.9 Å². The molecule has 4 amide bonds. The smallest absolute Gasteiger partial charge is 0.319 e. The molecule has 178 valence electrons. The first-order valence-corrected chi connectivity index (χ1v) is 10.9. The standard InChI is InChI=1S/C26H30N4O4/c1-17(19-8-12-23(33-3)13-9-19)27-25(31)29-21-6-5-7-22(16-21)30-26(32)28-18(2)20-10-14-24(34-4)15-11-20/h5-18H,1-4H3,(H2,27,29,31)(H2,28,30,32)/t17-,18-/m0/s1. The predicted octanol–water partition coefficient (Wildman–Crippen LogP) is 5.47. The van der Waals surface area contributed by atoms with Gasteiger partial charge in [-0.1, -0.05) is 30.3 Å². The zero-order chi connectivity index (χ0) is 24.5. The van der Waals surface area contributed by atoms with Crippen LogP contribution in [0.2, 0.25) is 0 Å². The Hall–Kier alpha value is -4.20. The highest BCUT2D eigenvalue weighted by Gasteiger charge is 2.12. The largest absolute Gasteiger partial charge is 0.497 e. The van der Waals surface area contributed by atoms with Gasteiger partial charge in [0.1, 0.15) is 11.5 Å². The van der Waals surface area contributed by atoms with Gasteiger partial charge in [0.15, 0.2) is 0 Å². The molecule has 0 bridgehead atoms. The van der Waals surface area contributed by atoms with Gasteiger partial charge in [-0.2, -0.15) is 0 Å². The molecule has 0 spiro atoms. The number of methoxy groups -OCH3 is 2. The molecule has 4 N–H and O–H groups in total. The van der Waals surface area contributed by atoms with Crippen LogP contribution in [0.3, 0.4) is 0 Å². The number of carbonyl (C=O) groups excluding carboxylic acids is 2. The number of amides is 4. The number of urea groups is 2. The second-order valence-electron chi connectivity index (χ2n) is 7.77. The minimum atomic E-state index is -0.349. The third-order valence-corrected chi connectivity index (χ3v) is 5.31. The minimum absolute atomic E-state index is 0.197. The molecule has 0 radical (unpaired) electrons. The van der Waals surface area contributed by atoms with E-state index in [1.807, 2.05) is 62.4 Å². The van der Waals surface area contributed by atoms with Gasteiger partial charge < -0.3 is 30.7 Å². The number of ether oxygens (including phenoxy) is 2. The van der Waals surface area contributed by atoms with Crippen molar-refractivity contribution in [1.29, 1.82) is 0 Å². The first-order chi connectivity index (χ1) is 16.4. The molecule has 2 atom stereocenters. The molecular formula is C26H30N4O4. The van der Waals surface area contributed by atoms with Crippen LogP contribution >= 0.6 is 0 Å². The van der Waals surface area contributed by atoms with E-state index in [1.54, 1.807) is 38.5 Å². The van der Waals surface area contributed by atoms with Crippen LogP contribution in [0.5, 0.6) is 11.5 Å². The van der Waals surface area contributed by atoms with E-state index in [9.17, 15) is 9.59 Å². The number of carbonyl (C=O) groups is 2. The maximum absolute atomic E-state index is 12.4. The molecule has 0 heterocycles. The number of rotatable bonds is 8. The molecule has 8 nitrogen and oxygen atoms in total. The van der Waals surface area contributed by atoms with Crippen LogP contribution in [-0.4, -0.2) is 26.3 Å². The van der Waals surface area contributed by atoms with Gasteiger partial charge in [0.05, 0.1) is 26.3 Å². The summed E-state index contributed by atoms with van der Waals surface area (Å²) < 4.78 is 10.3. The lowest BCUT2D eigenvalue weighted by Crippen LogP contribution is -2.32. The maximum atomic E-state index is 12.4. The van der Waals surface area contributed by atoms with Crippen LogP contribution in [0, 0.1) is 0 Å². The number of hydrogen-bond acceptors (Lipinski definition) is 4. The van der Waals surface area contributed by atoms with Crippen LogP contribution in [0.15, 0.2) is 72.8 Å². The molecular weight excluding hydrogens is 432 g/mol. The second-order valence-corrected chi connectivity index (χ2v) is 7.77. The zero-order valence-corrected chi connectivity index (χ0v) is 19.7. The van der Waals surface area contributed by atoms with E-state index in [4.69, 9.17) is 9.47 Å². The summed E-state index contributed by atoms with van der Waals surface area (Å²) in [5.74, 6) is 1.51. The minimum Gasteiger partial charge on any atom is -0.497 e. The maximum Gasteiger partial charge on any atom is 0.319 e. The van der Waals surface area contributed by atoms with Gasteiger partial charge in [0.25, 0.3) is 0 Å². The van der Waals surface area contributed by atoms with E-state index in [2.05, 4.69) is 21.3 Å². The summed E-state index contributed by atoms with van der Waals surface area (Å²) in [7, 11) is 3.22. The summed E-state index contributed by atoms with van der Waals surface area (Å²) >= 11 is 0. The molecule has 0 saturated heterocycles. The van der Waals surface area contributed by atoms with Gasteiger partial charge in [-0.15, -0.1) is 0 Å². The van der Waals surface area contributed by atoms with Crippen LogP contribution in [0.1, 0.15) is 37.1 Å². The Balaban J connectivity index is 1.52. The fraction of sp³-hybridized carbons (Fsp3) is 0.231. The molecule has 0 unspecified atom stereocenters. The van der Waals surface area contributed by atoms with Crippen molar-refractivity contribution in [3.8, 4) is 11.5 Å². The molecule has 0 aliphatic rings. The van der Waals surface area contributed by atoms with E-state index in [-0.39, 0.29) is 24.1 Å². The fourth-order valence-corrected chi connectivity index (χ4v) is 3.35. The molecule has 34 heavy (non-hydrogen) atoms. The molecule has 0 aliphatic carbocycles. The fourth-order valence-electron chi connectivity index (χ4n) is 3.35. The monoisotopic (exact) mass is 462 g/mol. The number of benzene rings is 3. The Morgan fingerprint density at radius 3 is 1.38 bits per heavy atom. The molecule has 0 aromatic heterocycles.